The van der Waals surface area contributed by atoms with Crippen molar-refractivity contribution < 1.29 is 22.1 Å². The highest BCUT2D eigenvalue weighted by Crippen LogP contribution is 2.36. The minimum atomic E-state index is -3.81. The molecule has 12 heteroatoms. The van der Waals surface area contributed by atoms with Crippen LogP contribution < -0.4 is 15.5 Å². The fraction of sp³-hybridized carbons (Fsp3) is 0.364. The van der Waals surface area contributed by atoms with Gasteiger partial charge in [0.05, 0.1) is 35.1 Å². The van der Waals surface area contributed by atoms with Crippen LogP contribution in [0.5, 0.6) is 0 Å². The molecule has 0 aliphatic carbocycles. The first-order valence-corrected chi connectivity index (χ1v) is 12.8. The lowest BCUT2D eigenvalue weighted by Gasteiger charge is -2.26. The summed E-state index contributed by atoms with van der Waals surface area (Å²) in [6, 6.07) is 9.33. The van der Waals surface area contributed by atoms with Gasteiger partial charge >= 0.3 is 6.01 Å². The topological polar surface area (TPSA) is 115 Å². The smallest absolute Gasteiger partial charge is 0.324 e. The van der Waals surface area contributed by atoms with Gasteiger partial charge in [-0.3, -0.25) is 0 Å². The quantitative estimate of drug-likeness (QED) is 0.568. The molecule has 1 atom stereocenters. The first-order valence-electron chi connectivity index (χ1n) is 10.8. The van der Waals surface area contributed by atoms with Crippen molar-refractivity contribution in [2.45, 2.75) is 17.5 Å². The molecule has 0 radical (unpaired) electrons. The van der Waals surface area contributed by atoms with Crippen LogP contribution in [0.15, 0.2) is 45.8 Å². The number of nitrogens with zero attached hydrogens (tertiary/aromatic N) is 4. The van der Waals surface area contributed by atoms with Crippen molar-refractivity contribution >= 4 is 33.1 Å². The van der Waals surface area contributed by atoms with Crippen LogP contribution in [0.1, 0.15) is 5.56 Å². The molecular formula is C22H23ClFN5O4S. The highest BCUT2D eigenvalue weighted by Gasteiger charge is 2.32. The molecule has 1 saturated heterocycles. The third-order valence-electron chi connectivity index (χ3n) is 5.84. The molecule has 9 nitrogen and oxygen atoms in total. The second-order valence-corrected chi connectivity index (χ2v) is 10.8. The van der Waals surface area contributed by atoms with E-state index in [1.807, 2.05) is 21.9 Å². The fourth-order valence-electron chi connectivity index (χ4n) is 4.18. The third-order valence-corrected chi connectivity index (χ3v) is 7.95. The van der Waals surface area contributed by atoms with Gasteiger partial charge in [-0.1, -0.05) is 28.9 Å². The van der Waals surface area contributed by atoms with Gasteiger partial charge in [-0.05, 0) is 29.8 Å². The molecule has 0 saturated carbocycles. The molecule has 0 spiro atoms. The summed E-state index contributed by atoms with van der Waals surface area (Å²) in [4.78, 5) is 7.94. The molecule has 0 amide bonds. The largest absolute Gasteiger partial charge is 0.378 e. The maximum atomic E-state index is 15.2. The molecule has 2 N–H and O–H groups in total. The maximum Gasteiger partial charge on any atom is 0.324 e. The Balaban J connectivity index is 1.56. The van der Waals surface area contributed by atoms with E-state index < -0.39 is 21.7 Å². The van der Waals surface area contributed by atoms with Crippen LogP contribution in [0.25, 0.3) is 11.4 Å². The Labute approximate surface area is 201 Å². The summed E-state index contributed by atoms with van der Waals surface area (Å²) in [5.74, 6) is -0.989. The second kappa shape index (κ2) is 9.14. The first kappa shape index (κ1) is 23.0. The van der Waals surface area contributed by atoms with Gasteiger partial charge in [-0.15, -0.1) is 0 Å². The normalized spacial score (nSPS) is 20.1. The van der Waals surface area contributed by atoms with Gasteiger partial charge in [0.25, 0.3) is 0 Å². The number of ether oxygens (including phenoxy) is 1. The molecule has 5 rings (SSSR count). The van der Waals surface area contributed by atoms with E-state index in [-0.39, 0.29) is 34.6 Å². The molecule has 2 aromatic carbocycles. The number of halogens is 2. The van der Waals surface area contributed by atoms with Crippen LogP contribution in [0.2, 0.25) is 5.02 Å². The Morgan fingerprint density at radius 3 is 2.65 bits per heavy atom. The number of rotatable bonds is 4. The van der Waals surface area contributed by atoms with Crippen LogP contribution in [0.3, 0.4) is 0 Å². The molecule has 3 aromatic rings. The van der Waals surface area contributed by atoms with Crippen LogP contribution in [-0.4, -0.2) is 63.2 Å². The summed E-state index contributed by atoms with van der Waals surface area (Å²) in [5.41, 5.74) is 7.44. The molecule has 0 unspecified atom stereocenters. The lowest BCUT2D eigenvalue weighted by molar-refractivity contribution is 0.119. The van der Waals surface area contributed by atoms with E-state index in [2.05, 4.69) is 10.1 Å². The maximum absolute atomic E-state index is 15.2. The lowest BCUT2D eigenvalue weighted by atomic mass is 10.1. The van der Waals surface area contributed by atoms with Gasteiger partial charge < -0.3 is 24.8 Å². The van der Waals surface area contributed by atoms with Gasteiger partial charge in [0.2, 0.25) is 5.82 Å². The SMILES string of the molecule is N[C@@H]1CN(Cc2ccc(Cl)cc2)c2cc(-c3noc(N4CCOCC4)n3)c(F)cc2S(=O)(=O)C1. The molecule has 34 heavy (non-hydrogen) atoms. The summed E-state index contributed by atoms with van der Waals surface area (Å²) < 4.78 is 51.9. The van der Waals surface area contributed by atoms with Crippen molar-refractivity contribution in [3.63, 3.8) is 0 Å². The summed E-state index contributed by atoms with van der Waals surface area (Å²) in [6.45, 7) is 2.86. The third kappa shape index (κ3) is 4.61. The van der Waals surface area contributed by atoms with E-state index >= 15 is 4.39 Å². The molecule has 2 aliphatic heterocycles. The number of morpholine rings is 1. The summed E-state index contributed by atoms with van der Waals surface area (Å²) >= 11 is 6.00. The highest BCUT2D eigenvalue weighted by atomic mass is 35.5. The van der Waals surface area contributed by atoms with Crippen molar-refractivity contribution in [2.24, 2.45) is 5.73 Å². The lowest BCUT2D eigenvalue weighted by Crippen LogP contribution is -2.39. The summed E-state index contributed by atoms with van der Waals surface area (Å²) in [5, 5.41) is 4.54. The number of sulfone groups is 1. The van der Waals surface area contributed by atoms with Crippen LogP contribution in [0, 0.1) is 5.82 Å². The van der Waals surface area contributed by atoms with Crippen LogP contribution in [0.4, 0.5) is 16.1 Å². The van der Waals surface area contributed by atoms with Gasteiger partial charge in [0.15, 0.2) is 9.84 Å². The Hall–Kier alpha value is -2.73. The van der Waals surface area contributed by atoms with Crippen molar-refractivity contribution in [3.05, 3.63) is 52.8 Å². The van der Waals surface area contributed by atoms with Crippen molar-refractivity contribution in [1.29, 1.82) is 0 Å². The van der Waals surface area contributed by atoms with Gasteiger partial charge in [0.1, 0.15) is 5.82 Å². The molecule has 0 bridgehead atoms. The Kier molecular flexibility index (Phi) is 6.19. The number of aromatic nitrogens is 2. The predicted molar refractivity (Wildman–Crippen MR) is 125 cm³/mol. The molecule has 1 fully saturated rings. The summed E-state index contributed by atoms with van der Waals surface area (Å²) in [7, 11) is -3.81. The van der Waals surface area contributed by atoms with E-state index in [0.29, 0.717) is 43.6 Å². The van der Waals surface area contributed by atoms with E-state index in [1.165, 1.54) is 6.07 Å². The minimum absolute atomic E-state index is 0.0409. The summed E-state index contributed by atoms with van der Waals surface area (Å²) in [6.07, 6.45) is 0. The van der Waals surface area contributed by atoms with Gasteiger partial charge in [-0.2, -0.15) is 4.98 Å². The molecular weight excluding hydrogens is 485 g/mol. The zero-order valence-electron chi connectivity index (χ0n) is 18.2. The average Bonchev–Trinajstić information content (AvgIpc) is 3.27. The first-order chi connectivity index (χ1) is 16.3. The van der Waals surface area contributed by atoms with E-state index in [1.54, 1.807) is 12.1 Å². The Bertz CT molecular complexity index is 1300. The minimum Gasteiger partial charge on any atom is -0.378 e. The monoisotopic (exact) mass is 507 g/mol. The van der Waals surface area contributed by atoms with Crippen LogP contribution in [-0.2, 0) is 21.1 Å². The van der Waals surface area contributed by atoms with Crippen molar-refractivity contribution in [3.8, 4) is 11.4 Å². The highest BCUT2D eigenvalue weighted by molar-refractivity contribution is 7.91. The van der Waals surface area contributed by atoms with E-state index in [9.17, 15) is 8.42 Å². The Morgan fingerprint density at radius 2 is 1.91 bits per heavy atom. The number of hydrogen-bond donors (Lipinski definition) is 1. The van der Waals surface area contributed by atoms with Crippen LogP contribution >= 0.6 is 11.6 Å². The number of hydrogen-bond acceptors (Lipinski definition) is 9. The molecule has 180 valence electrons. The number of benzene rings is 2. The predicted octanol–water partition coefficient (Wildman–Crippen LogP) is 2.49. The number of fused-ring (bicyclic) bond motifs is 1. The van der Waals surface area contributed by atoms with E-state index in [4.69, 9.17) is 26.6 Å². The van der Waals surface area contributed by atoms with Crippen molar-refractivity contribution in [1.82, 2.24) is 10.1 Å². The Morgan fingerprint density at radius 1 is 1.18 bits per heavy atom. The standard InChI is InChI=1S/C22H23ClFN5O4S/c23-15-3-1-14(2-4-15)11-29-12-16(25)13-34(30,31)20-10-18(24)17(9-19(20)29)21-26-22(33-27-21)28-5-7-32-8-6-28/h1-4,9-10,16H,5-8,11-13,25H2/t16-/m1/s1. The molecule has 3 heterocycles. The molecule has 1 aromatic heterocycles. The zero-order valence-corrected chi connectivity index (χ0v) is 19.7. The fourth-order valence-corrected chi connectivity index (χ4v) is 5.95. The number of anilines is 2. The average molecular weight is 508 g/mol. The molecule has 2 aliphatic rings. The van der Waals surface area contributed by atoms with Crippen molar-refractivity contribution in [2.75, 3.05) is 48.4 Å². The van der Waals surface area contributed by atoms with Gasteiger partial charge in [-0.25, -0.2) is 12.8 Å². The van der Waals surface area contributed by atoms with Gasteiger partial charge in [0, 0.05) is 37.2 Å². The van der Waals surface area contributed by atoms with E-state index in [0.717, 1.165) is 11.6 Å². The zero-order chi connectivity index (χ0) is 23.9. The number of nitrogens with two attached hydrogens (primary N) is 1. The second-order valence-electron chi connectivity index (χ2n) is 8.35.